The van der Waals surface area contributed by atoms with Crippen LogP contribution in [0.1, 0.15) is 12.8 Å². The molecule has 0 spiro atoms. The van der Waals surface area contributed by atoms with Crippen molar-refractivity contribution in [1.82, 2.24) is 4.90 Å². The quantitative estimate of drug-likeness (QED) is 0.398. The maximum absolute atomic E-state index is 10.9. The number of likely N-dealkylation sites (tertiary alicyclic amines) is 1. The smallest absolute Gasteiger partial charge is 0.321 e. The normalized spacial score (nSPS) is 18.9. The van der Waals surface area contributed by atoms with Crippen molar-refractivity contribution in [3.05, 3.63) is 0 Å². The Bertz CT molecular complexity index is 229. The van der Waals surface area contributed by atoms with Crippen LogP contribution in [0.15, 0.2) is 0 Å². The van der Waals surface area contributed by atoms with E-state index in [4.69, 9.17) is 22.8 Å². The van der Waals surface area contributed by atoms with E-state index in [-0.39, 0.29) is 18.0 Å². The Morgan fingerprint density at radius 2 is 2.21 bits per heavy atom. The van der Waals surface area contributed by atoms with Crippen molar-refractivity contribution in [2.24, 2.45) is 0 Å². The molecule has 1 fully saturated rings. The Morgan fingerprint density at radius 1 is 1.57 bits per heavy atom. The lowest BCUT2D eigenvalue weighted by Gasteiger charge is -2.30. The maximum Gasteiger partial charge on any atom is 0.321 e. The van der Waals surface area contributed by atoms with Gasteiger partial charge in [0.05, 0.1) is 6.54 Å². The molecule has 78 valence electrons. The third-order valence-corrected chi connectivity index (χ3v) is 2.47. The average molecular weight is 216 g/mol. The molecule has 0 aromatic heterocycles. The zero-order valence-electron chi connectivity index (χ0n) is 8.04. The first-order valence-corrected chi connectivity index (χ1v) is 5.21. The predicted molar refractivity (Wildman–Crippen MR) is 55.1 cm³/mol. The van der Waals surface area contributed by atoms with Crippen molar-refractivity contribution in [3.63, 3.8) is 0 Å². The summed E-state index contributed by atoms with van der Waals surface area (Å²) in [7, 11) is 0. The molecular weight excluding hydrogens is 202 g/mol. The highest BCUT2D eigenvalue weighted by molar-refractivity contribution is 6.26. The Morgan fingerprint density at radius 3 is 2.71 bits per heavy atom. The minimum atomic E-state index is -0.331. The third kappa shape index (κ3) is 3.57. The van der Waals surface area contributed by atoms with Crippen molar-refractivity contribution in [2.75, 3.05) is 25.5 Å². The van der Waals surface area contributed by atoms with Gasteiger partial charge in [-0.1, -0.05) is 5.92 Å². The number of carbonyl (C=O) groups is 1. The van der Waals surface area contributed by atoms with Crippen molar-refractivity contribution in [3.8, 4) is 12.3 Å². The molecule has 0 aliphatic carbocycles. The van der Waals surface area contributed by atoms with Gasteiger partial charge in [0.1, 0.15) is 12.0 Å². The molecule has 1 rings (SSSR count). The summed E-state index contributed by atoms with van der Waals surface area (Å²) in [5, 5.41) is 0. The Kier molecular flexibility index (Phi) is 4.78. The summed E-state index contributed by atoms with van der Waals surface area (Å²) in [4.78, 5) is 13.1. The first-order valence-electron chi connectivity index (χ1n) is 4.67. The van der Waals surface area contributed by atoms with Crippen LogP contribution in [0.4, 0.5) is 0 Å². The van der Waals surface area contributed by atoms with Gasteiger partial charge in [-0.2, -0.15) is 0 Å². The predicted octanol–water partition coefficient (Wildman–Crippen LogP) is 0.866. The van der Waals surface area contributed by atoms with E-state index in [1.807, 2.05) is 0 Å². The van der Waals surface area contributed by atoms with Crippen LogP contribution >= 0.6 is 11.6 Å². The van der Waals surface area contributed by atoms with Gasteiger partial charge in [-0.05, 0) is 12.8 Å². The summed E-state index contributed by atoms with van der Waals surface area (Å²) >= 11 is 5.34. The van der Waals surface area contributed by atoms with Gasteiger partial charge < -0.3 is 4.74 Å². The number of rotatable bonds is 3. The number of ether oxygens (including phenoxy) is 1. The first kappa shape index (κ1) is 11.4. The molecule has 0 bridgehead atoms. The molecule has 0 radical (unpaired) electrons. The van der Waals surface area contributed by atoms with Crippen LogP contribution in [0, 0.1) is 12.3 Å². The van der Waals surface area contributed by atoms with Crippen molar-refractivity contribution in [1.29, 1.82) is 0 Å². The zero-order valence-corrected chi connectivity index (χ0v) is 8.79. The maximum atomic E-state index is 10.9. The van der Waals surface area contributed by atoms with Gasteiger partial charge in [0, 0.05) is 13.1 Å². The molecule has 1 heterocycles. The monoisotopic (exact) mass is 215 g/mol. The highest BCUT2D eigenvalue weighted by Gasteiger charge is 2.21. The van der Waals surface area contributed by atoms with Crippen LogP contribution in [0.2, 0.25) is 0 Å². The number of hydrogen-bond acceptors (Lipinski definition) is 3. The van der Waals surface area contributed by atoms with Gasteiger partial charge >= 0.3 is 5.97 Å². The number of halogens is 1. The molecular formula is C10H14ClNO2. The summed E-state index contributed by atoms with van der Waals surface area (Å²) in [6.45, 7) is 2.46. The molecule has 14 heavy (non-hydrogen) atoms. The van der Waals surface area contributed by atoms with Gasteiger partial charge in [0.15, 0.2) is 0 Å². The molecule has 0 N–H and O–H groups in total. The minimum Gasteiger partial charge on any atom is -0.461 e. The molecule has 0 atom stereocenters. The minimum absolute atomic E-state index is 0.0234. The van der Waals surface area contributed by atoms with Crippen LogP contribution in [-0.4, -0.2) is 42.5 Å². The standard InChI is InChI=1S/C10H14ClNO2/c1-2-5-12-6-3-9(4-7-12)14-10(13)8-11/h1,9H,3-8H2. The van der Waals surface area contributed by atoms with E-state index in [1.165, 1.54) is 0 Å². The number of carbonyl (C=O) groups excluding carboxylic acids is 1. The largest absolute Gasteiger partial charge is 0.461 e. The Hall–Kier alpha value is -0.720. The fraction of sp³-hybridized carbons (Fsp3) is 0.700. The van der Waals surface area contributed by atoms with E-state index in [2.05, 4.69) is 10.8 Å². The van der Waals surface area contributed by atoms with Gasteiger partial charge in [-0.15, -0.1) is 18.0 Å². The highest BCUT2D eigenvalue weighted by atomic mass is 35.5. The average Bonchev–Trinajstić information content (AvgIpc) is 2.21. The fourth-order valence-corrected chi connectivity index (χ4v) is 1.59. The molecule has 0 amide bonds. The first-order chi connectivity index (χ1) is 6.76. The van der Waals surface area contributed by atoms with Gasteiger partial charge in [-0.3, -0.25) is 9.69 Å². The molecule has 1 aliphatic heterocycles. The van der Waals surface area contributed by atoms with Gasteiger partial charge in [0.2, 0.25) is 0 Å². The lowest BCUT2D eigenvalue weighted by molar-refractivity contribution is -0.147. The summed E-state index contributed by atoms with van der Waals surface area (Å²) < 4.78 is 5.12. The van der Waals surface area contributed by atoms with Gasteiger partial charge in [-0.25, -0.2) is 0 Å². The van der Waals surface area contributed by atoms with E-state index >= 15 is 0 Å². The Balaban J connectivity index is 2.22. The lowest BCUT2D eigenvalue weighted by Crippen LogP contribution is -2.38. The van der Waals surface area contributed by atoms with Gasteiger partial charge in [0.25, 0.3) is 0 Å². The second-order valence-electron chi connectivity index (χ2n) is 3.30. The van der Waals surface area contributed by atoms with E-state index < -0.39 is 0 Å². The number of alkyl halides is 1. The van der Waals surface area contributed by atoms with Crippen LogP contribution in [0.5, 0.6) is 0 Å². The van der Waals surface area contributed by atoms with Crippen molar-refractivity contribution in [2.45, 2.75) is 18.9 Å². The number of esters is 1. The molecule has 0 aromatic carbocycles. The van der Waals surface area contributed by atoms with E-state index in [0.29, 0.717) is 6.54 Å². The zero-order chi connectivity index (χ0) is 10.4. The van der Waals surface area contributed by atoms with E-state index in [9.17, 15) is 4.79 Å². The fourth-order valence-electron chi connectivity index (χ4n) is 1.53. The number of terminal acetylenes is 1. The topological polar surface area (TPSA) is 29.5 Å². The second kappa shape index (κ2) is 5.90. The van der Waals surface area contributed by atoms with Crippen LogP contribution < -0.4 is 0 Å². The molecule has 0 unspecified atom stereocenters. The Labute approximate surface area is 89.4 Å². The number of hydrogen-bond donors (Lipinski definition) is 0. The molecule has 0 aromatic rings. The number of nitrogens with zero attached hydrogens (tertiary/aromatic N) is 1. The molecule has 3 nitrogen and oxygen atoms in total. The SMILES string of the molecule is C#CCN1CCC(OC(=O)CCl)CC1. The summed E-state index contributed by atoms with van der Waals surface area (Å²) in [6, 6.07) is 0. The number of piperidine rings is 1. The van der Waals surface area contributed by atoms with Crippen molar-refractivity contribution < 1.29 is 9.53 Å². The summed E-state index contributed by atoms with van der Waals surface area (Å²) in [5.74, 6) is 2.20. The second-order valence-corrected chi connectivity index (χ2v) is 3.57. The molecule has 1 aliphatic rings. The molecule has 4 heteroatoms. The summed E-state index contributed by atoms with van der Waals surface area (Å²) in [5.41, 5.74) is 0. The lowest BCUT2D eigenvalue weighted by atomic mass is 10.1. The highest BCUT2D eigenvalue weighted by Crippen LogP contribution is 2.13. The van der Waals surface area contributed by atoms with Crippen molar-refractivity contribution >= 4 is 17.6 Å². The van der Waals surface area contributed by atoms with Crippen LogP contribution in [-0.2, 0) is 9.53 Å². The van der Waals surface area contributed by atoms with Crippen LogP contribution in [0.25, 0.3) is 0 Å². The molecule has 0 saturated carbocycles. The molecule has 1 saturated heterocycles. The summed E-state index contributed by atoms with van der Waals surface area (Å²) in [6.07, 6.45) is 6.93. The van der Waals surface area contributed by atoms with Crippen LogP contribution in [0.3, 0.4) is 0 Å². The third-order valence-electron chi connectivity index (χ3n) is 2.26. The van der Waals surface area contributed by atoms with E-state index in [1.54, 1.807) is 0 Å². The van der Waals surface area contributed by atoms with E-state index in [0.717, 1.165) is 25.9 Å².